The van der Waals surface area contributed by atoms with Gasteiger partial charge in [0, 0.05) is 37.4 Å². The fourth-order valence-electron chi connectivity index (χ4n) is 4.93. The van der Waals surface area contributed by atoms with E-state index in [1.807, 2.05) is 19.9 Å². The number of ether oxygens (including phenoxy) is 5. The lowest BCUT2D eigenvalue weighted by molar-refractivity contribution is -0.120. The maximum atomic E-state index is 13.3. The summed E-state index contributed by atoms with van der Waals surface area (Å²) >= 11 is 0. The van der Waals surface area contributed by atoms with E-state index in [0.717, 1.165) is 6.08 Å². The number of hydrogen-bond donors (Lipinski definition) is 2. The summed E-state index contributed by atoms with van der Waals surface area (Å²) in [6, 6.07) is 0. The highest BCUT2D eigenvalue weighted by molar-refractivity contribution is 6.23. The Labute approximate surface area is 227 Å². The molecular weight excluding hydrogens is 508 g/mol. The van der Waals surface area contributed by atoms with Crippen LogP contribution in [0.3, 0.4) is 0 Å². The topological polar surface area (TPSA) is 152 Å². The molecule has 2 heterocycles. The van der Waals surface area contributed by atoms with Crippen molar-refractivity contribution in [2.24, 2.45) is 17.6 Å². The van der Waals surface area contributed by atoms with Gasteiger partial charge in [0.15, 0.2) is 11.9 Å². The molecule has 11 heteroatoms. The third-order valence-electron chi connectivity index (χ3n) is 6.92. The first-order valence-corrected chi connectivity index (χ1v) is 12.6. The maximum absolute atomic E-state index is 13.3. The number of nitrogens with two attached hydrogens (primary N) is 1. The zero-order valence-corrected chi connectivity index (χ0v) is 23.0. The molecule has 1 aliphatic carbocycles. The van der Waals surface area contributed by atoms with Crippen molar-refractivity contribution in [3.8, 4) is 0 Å². The number of methoxy groups -OCH3 is 3. The normalized spacial score (nSPS) is 30.3. The molecule has 39 heavy (non-hydrogen) atoms. The second-order valence-electron chi connectivity index (χ2n) is 9.84. The van der Waals surface area contributed by atoms with Gasteiger partial charge >= 0.3 is 6.09 Å². The Hall–Kier alpha value is -3.70. The molecule has 212 valence electrons. The minimum absolute atomic E-state index is 0.0464. The number of primary amides is 1. The van der Waals surface area contributed by atoms with E-state index in [4.69, 9.17) is 29.4 Å². The molecular formula is C28H36N2O9. The number of carbonyl (C=O) groups is 4. The molecule has 4 bridgehead atoms. The Kier molecular flexibility index (Phi) is 9.87. The van der Waals surface area contributed by atoms with Gasteiger partial charge in [0.05, 0.1) is 18.9 Å². The number of allylic oxidation sites excluding steroid dienone is 4. The number of nitrogens with one attached hydrogen (secondary N) is 1. The smallest absolute Gasteiger partial charge is 0.405 e. The van der Waals surface area contributed by atoms with Gasteiger partial charge in [-0.25, -0.2) is 4.79 Å². The Morgan fingerprint density at radius 2 is 1.85 bits per heavy atom. The lowest BCUT2D eigenvalue weighted by Gasteiger charge is -2.30. The van der Waals surface area contributed by atoms with Crippen LogP contribution >= 0.6 is 0 Å². The molecule has 0 spiro atoms. The van der Waals surface area contributed by atoms with Crippen LogP contribution in [0.15, 0.2) is 58.7 Å². The van der Waals surface area contributed by atoms with E-state index in [1.165, 1.54) is 20.3 Å². The van der Waals surface area contributed by atoms with E-state index < -0.39 is 48.0 Å². The van der Waals surface area contributed by atoms with E-state index in [0.29, 0.717) is 12.2 Å². The molecule has 2 aliphatic heterocycles. The van der Waals surface area contributed by atoms with E-state index in [9.17, 15) is 19.2 Å². The molecule has 3 aliphatic rings. The van der Waals surface area contributed by atoms with Crippen LogP contribution in [-0.4, -0.2) is 69.3 Å². The van der Waals surface area contributed by atoms with Gasteiger partial charge in [0.2, 0.25) is 11.6 Å². The van der Waals surface area contributed by atoms with Crippen molar-refractivity contribution in [2.75, 3.05) is 21.3 Å². The zero-order valence-electron chi connectivity index (χ0n) is 23.0. The molecule has 6 atom stereocenters. The number of Topliss-reactive ketones (excluding diaryl/α,β-unsaturated/α-hetero) is 1. The molecule has 0 aromatic heterocycles. The second-order valence-corrected chi connectivity index (χ2v) is 9.84. The van der Waals surface area contributed by atoms with E-state index in [1.54, 1.807) is 26.2 Å². The quantitative estimate of drug-likeness (QED) is 0.508. The largest absolute Gasteiger partial charge is 0.492 e. The van der Waals surface area contributed by atoms with Crippen LogP contribution < -0.4 is 11.1 Å². The summed E-state index contributed by atoms with van der Waals surface area (Å²) < 4.78 is 28.3. The van der Waals surface area contributed by atoms with Crippen molar-refractivity contribution < 1.29 is 42.9 Å². The van der Waals surface area contributed by atoms with E-state index in [2.05, 4.69) is 5.32 Å². The SMILES string of the molecule is COC1=C2CC(C)CC(OC)C3OC(=CC3C)C(OC(N)=O)C(OC)C=CC=C(C)C(=O)NC(=CC1=O)C2=O. The molecule has 0 aromatic rings. The summed E-state index contributed by atoms with van der Waals surface area (Å²) in [5.41, 5.74) is 5.66. The van der Waals surface area contributed by atoms with Crippen LogP contribution in [0.5, 0.6) is 0 Å². The first-order chi connectivity index (χ1) is 18.5. The van der Waals surface area contributed by atoms with Crippen molar-refractivity contribution >= 4 is 23.6 Å². The van der Waals surface area contributed by atoms with Crippen LogP contribution in [0.4, 0.5) is 4.79 Å². The third-order valence-corrected chi connectivity index (χ3v) is 6.92. The Morgan fingerprint density at radius 1 is 1.13 bits per heavy atom. The van der Waals surface area contributed by atoms with Gasteiger partial charge in [-0.15, -0.1) is 0 Å². The molecule has 2 amide bonds. The molecule has 0 saturated heterocycles. The number of ketones is 2. The Bertz CT molecular complexity index is 1160. The van der Waals surface area contributed by atoms with Crippen LogP contribution in [0.2, 0.25) is 0 Å². The Morgan fingerprint density at radius 3 is 2.46 bits per heavy atom. The molecule has 3 rings (SSSR count). The number of hydrogen-bond acceptors (Lipinski definition) is 9. The van der Waals surface area contributed by atoms with Gasteiger partial charge in [-0.2, -0.15) is 0 Å². The first-order valence-electron chi connectivity index (χ1n) is 12.6. The van der Waals surface area contributed by atoms with Gasteiger partial charge in [0.25, 0.3) is 5.91 Å². The van der Waals surface area contributed by atoms with Crippen molar-refractivity contribution in [2.45, 2.75) is 58.0 Å². The summed E-state index contributed by atoms with van der Waals surface area (Å²) in [5.74, 6) is -1.50. The van der Waals surface area contributed by atoms with Gasteiger partial charge in [-0.3, -0.25) is 14.4 Å². The van der Waals surface area contributed by atoms with Crippen LogP contribution in [0.1, 0.15) is 33.6 Å². The van der Waals surface area contributed by atoms with Crippen molar-refractivity contribution in [1.82, 2.24) is 5.32 Å². The zero-order chi connectivity index (χ0) is 28.9. The fraction of sp³-hybridized carbons (Fsp3) is 0.500. The van der Waals surface area contributed by atoms with E-state index >= 15 is 0 Å². The highest BCUT2D eigenvalue weighted by Crippen LogP contribution is 2.35. The second kappa shape index (κ2) is 12.9. The average molecular weight is 545 g/mol. The standard InChI is InChI=1S/C28H36N2O9/c1-14-10-17-23(32)18(13-19(31)25(17)37-6)30-27(33)15(2)8-7-9-20(35-4)26(39-28(29)34)22-12-16(3)24(38-22)21(11-14)36-5/h7-9,12-14,16,20-21,24,26H,10-11H2,1-6H3,(H2,29,34)(H,30,33). The Balaban J connectivity index is 2.06. The molecule has 0 saturated carbocycles. The van der Waals surface area contributed by atoms with Crippen LogP contribution in [0.25, 0.3) is 0 Å². The molecule has 3 N–H and O–H groups in total. The lowest BCUT2D eigenvalue weighted by Crippen LogP contribution is -2.38. The van der Waals surface area contributed by atoms with Crippen LogP contribution in [0, 0.1) is 11.8 Å². The lowest BCUT2D eigenvalue weighted by atomic mass is 9.86. The number of rotatable bonds is 4. The molecule has 6 unspecified atom stereocenters. The highest BCUT2D eigenvalue weighted by atomic mass is 16.6. The maximum Gasteiger partial charge on any atom is 0.405 e. The van der Waals surface area contributed by atoms with Gasteiger partial charge < -0.3 is 34.7 Å². The van der Waals surface area contributed by atoms with Gasteiger partial charge in [0.1, 0.15) is 18.0 Å². The van der Waals surface area contributed by atoms with Crippen LogP contribution in [-0.2, 0) is 38.1 Å². The molecule has 0 radical (unpaired) electrons. The average Bonchev–Trinajstić information content (AvgIpc) is 3.27. The van der Waals surface area contributed by atoms with Gasteiger partial charge in [-0.05, 0) is 31.8 Å². The highest BCUT2D eigenvalue weighted by Gasteiger charge is 2.40. The molecule has 0 aromatic carbocycles. The number of fused-ring (bicyclic) bond motifs is 4. The first kappa shape index (κ1) is 29.9. The summed E-state index contributed by atoms with van der Waals surface area (Å²) in [7, 11) is 4.34. The number of amides is 2. The van der Waals surface area contributed by atoms with Gasteiger partial charge in [-0.1, -0.05) is 32.1 Å². The summed E-state index contributed by atoms with van der Waals surface area (Å²) in [6.45, 7) is 5.42. The monoisotopic (exact) mass is 544 g/mol. The minimum atomic E-state index is -0.998. The van der Waals surface area contributed by atoms with Crippen molar-refractivity contribution in [1.29, 1.82) is 0 Å². The van der Waals surface area contributed by atoms with Crippen molar-refractivity contribution in [3.63, 3.8) is 0 Å². The van der Waals surface area contributed by atoms with E-state index in [-0.39, 0.29) is 40.9 Å². The molecule has 11 nitrogen and oxygen atoms in total. The summed E-state index contributed by atoms with van der Waals surface area (Å²) in [6.07, 6.45) is 4.62. The minimum Gasteiger partial charge on any atom is -0.492 e. The summed E-state index contributed by atoms with van der Waals surface area (Å²) in [4.78, 5) is 50.7. The van der Waals surface area contributed by atoms with Crippen molar-refractivity contribution in [3.05, 3.63) is 58.7 Å². The summed E-state index contributed by atoms with van der Waals surface area (Å²) in [5, 5.41) is 2.54. The fourth-order valence-corrected chi connectivity index (χ4v) is 4.93. The number of carbonyl (C=O) groups excluding carboxylic acids is 4. The predicted molar refractivity (Wildman–Crippen MR) is 140 cm³/mol. The third kappa shape index (κ3) is 6.85. The predicted octanol–water partition coefficient (Wildman–Crippen LogP) is 2.38. The molecule has 0 fully saturated rings.